The number of urea groups is 1. The fourth-order valence-corrected chi connectivity index (χ4v) is 0.518. The molecule has 0 saturated carbocycles. The highest BCUT2D eigenvalue weighted by Gasteiger charge is 1.91. The lowest BCUT2D eigenvalue weighted by Gasteiger charge is -2.06. The molecule has 0 aromatic heterocycles. The Bertz CT molecular complexity index is 137. The second-order valence-electron chi connectivity index (χ2n) is 1.47. The van der Waals surface area contributed by atoms with Gasteiger partial charge in [-0.3, -0.25) is 5.43 Å². The lowest BCUT2D eigenvalue weighted by molar-refractivity contribution is 0.247. The Labute approximate surface area is 64.3 Å². The summed E-state index contributed by atoms with van der Waals surface area (Å²) in [5.74, 6) is 0. The van der Waals surface area contributed by atoms with Crippen molar-refractivity contribution in [3.8, 4) is 0 Å². The third kappa shape index (κ3) is 5.10. The van der Waals surface area contributed by atoms with Gasteiger partial charge in [0, 0.05) is 6.54 Å². The van der Waals surface area contributed by atoms with Crippen molar-refractivity contribution in [3.05, 3.63) is 0 Å². The number of hydrazine groups is 1. The molecule has 0 fully saturated rings. The number of nitrogens with two attached hydrogens (primary N) is 1. The van der Waals surface area contributed by atoms with Crippen LogP contribution in [0.25, 0.3) is 0 Å². The standard InChI is InChI=1S/C4H10N4OS/c1-2-6-4(10)8-7-3(5)9/h2H2,1H3,(H3,5,7,9)(H2,6,8,10). The predicted molar refractivity (Wildman–Crippen MR) is 42.1 cm³/mol. The van der Waals surface area contributed by atoms with Gasteiger partial charge in [-0.1, -0.05) is 0 Å². The summed E-state index contributed by atoms with van der Waals surface area (Å²) in [6.07, 6.45) is 0. The number of primary amides is 1. The molecule has 0 heterocycles. The molecule has 0 spiro atoms. The zero-order valence-corrected chi connectivity index (χ0v) is 6.42. The van der Waals surface area contributed by atoms with Crippen molar-refractivity contribution in [1.82, 2.24) is 16.2 Å². The van der Waals surface area contributed by atoms with Crippen LogP contribution in [0.5, 0.6) is 0 Å². The topological polar surface area (TPSA) is 79.2 Å². The van der Waals surface area contributed by atoms with Gasteiger partial charge < -0.3 is 11.1 Å². The van der Waals surface area contributed by atoms with Gasteiger partial charge in [-0.2, -0.15) is 0 Å². The number of carbonyl (C=O) groups excluding carboxylic acids is 1. The molecule has 0 radical (unpaired) electrons. The van der Waals surface area contributed by atoms with Gasteiger partial charge in [0.15, 0.2) is 5.11 Å². The SMILES string of the molecule is CCNC(=S)NNC(N)=O. The Morgan fingerprint density at radius 2 is 2.20 bits per heavy atom. The van der Waals surface area contributed by atoms with E-state index < -0.39 is 6.03 Å². The Kier molecular flexibility index (Phi) is 4.30. The second kappa shape index (κ2) is 4.80. The smallest absolute Gasteiger partial charge is 0.330 e. The normalized spacial score (nSPS) is 8.10. The summed E-state index contributed by atoms with van der Waals surface area (Å²) < 4.78 is 0. The van der Waals surface area contributed by atoms with E-state index in [9.17, 15) is 4.79 Å². The molecule has 0 aromatic rings. The number of thiocarbonyl (C=S) groups is 1. The van der Waals surface area contributed by atoms with Crippen LogP contribution in [0.15, 0.2) is 0 Å². The first-order valence-electron chi connectivity index (χ1n) is 2.76. The summed E-state index contributed by atoms with van der Waals surface area (Å²) in [6.45, 7) is 2.59. The van der Waals surface area contributed by atoms with Crippen molar-refractivity contribution in [2.45, 2.75) is 6.92 Å². The van der Waals surface area contributed by atoms with E-state index in [0.717, 1.165) is 0 Å². The zero-order valence-electron chi connectivity index (χ0n) is 5.60. The minimum Gasteiger partial charge on any atom is -0.362 e. The third-order valence-electron chi connectivity index (χ3n) is 0.637. The molecule has 0 atom stereocenters. The molecule has 2 amide bonds. The monoisotopic (exact) mass is 162 g/mol. The van der Waals surface area contributed by atoms with Crippen molar-refractivity contribution in [3.63, 3.8) is 0 Å². The van der Waals surface area contributed by atoms with Gasteiger partial charge >= 0.3 is 6.03 Å². The van der Waals surface area contributed by atoms with Crippen molar-refractivity contribution in [2.24, 2.45) is 5.73 Å². The quantitative estimate of drug-likeness (QED) is 0.296. The van der Waals surface area contributed by atoms with Crippen LogP contribution in [0.1, 0.15) is 6.92 Å². The first-order chi connectivity index (χ1) is 4.66. The molecule has 5 N–H and O–H groups in total. The maximum atomic E-state index is 10.1. The summed E-state index contributed by atoms with van der Waals surface area (Å²) in [5.41, 5.74) is 9.23. The molecule has 5 nitrogen and oxygen atoms in total. The van der Waals surface area contributed by atoms with Crippen LogP contribution in [0, 0.1) is 0 Å². The predicted octanol–water partition coefficient (Wildman–Crippen LogP) is -0.946. The highest BCUT2D eigenvalue weighted by Crippen LogP contribution is 1.60. The zero-order chi connectivity index (χ0) is 7.98. The van der Waals surface area contributed by atoms with Crippen LogP contribution in [-0.4, -0.2) is 17.7 Å². The van der Waals surface area contributed by atoms with E-state index >= 15 is 0 Å². The van der Waals surface area contributed by atoms with Crippen molar-refractivity contribution >= 4 is 23.4 Å². The van der Waals surface area contributed by atoms with Crippen LogP contribution in [0.4, 0.5) is 4.79 Å². The molecule has 0 unspecified atom stereocenters. The van der Waals surface area contributed by atoms with E-state index in [-0.39, 0.29) is 0 Å². The van der Waals surface area contributed by atoms with Gasteiger partial charge in [-0.15, -0.1) is 0 Å². The Hall–Kier alpha value is -1.04. The molecule has 0 bridgehead atoms. The lowest BCUT2D eigenvalue weighted by Crippen LogP contribution is -2.48. The maximum Gasteiger partial charge on any atom is 0.330 e. The summed E-state index contributed by atoms with van der Waals surface area (Å²) in [7, 11) is 0. The van der Waals surface area contributed by atoms with Crippen molar-refractivity contribution in [2.75, 3.05) is 6.54 Å². The number of nitrogens with one attached hydrogen (secondary N) is 3. The molecular formula is C4H10N4OS. The average Bonchev–Trinajstić information content (AvgIpc) is 1.85. The Balaban J connectivity index is 3.30. The van der Waals surface area contributed by atoms with Crippen LogP contribution >= 0.6 is 12.2 Å². The minimum absolute atomic E-state index is 0.348. The number of amides is 2. The molecule has 0 rings (SSSR count). The van der Waals surface area contributed by atoms with Crippen LogP contribution in [-0.2, 0) is 0 Å². The molecule has 58 valence electrons. The first kappa shape index (κ1) is 8.96. The van der Waals surface area contributed by atoms with Gasteiger partial charge in [0.1, 0.15) is 0 Å². The number of hydrogen-bond donors (Lipinski definition) is 4. The lowest BCUT2D eigenvalue weighted by atomic mass is 10.7. The number of rotatable bonds is 1. The third-order valence-corrected chi connectivity index (χ3v) is 0.883. The van der Waals surface area contributed by atoms with E-state index in [1.54, 1.807) is 0 Å². The largest absolute Gasteiger partial charge is 0.362 e. The summed E-state index contributed by atoms with van der Waals surface area (Å²) in [5, 5.41) is 3.10. The molecule has 0 aliphatic rings. The molecule has 0 aliphatic heterocycles. The average molecular weight is 162 g/mol. The van der Waals surface area contributed by atoms with Crippen LogP contribution in [0.2, 0.25) is 0 Å². The number of carbonyl (C=O) groups is 1. The molecule has 10 heavy (non-hydrogen) atoms. The second-order valence-corrected chi connectivity index (χ2v) is 1.88. The summed E-state index contributed by atoms with van der Waals surface area (Å²) >= 11 is 4.68. The fraction of sp³-hybridized carbons (Fsp3) is 0.500. The van der Waals surface area contributed by atoms with Crippen LogP contribution < -0.4 is 21.9 Å². The van der Waals surface area contributed by atoms with Crippen molar-refractivity contribution in [1.29, 1.82) is 0 Å². The first-order valence-corrected chi connectivity index (χ1v) is 3.17. The molecule has 0 aromatic carbocycles. The number of hydrogen-bond acceptors (Lipinski definition) is 2. The summed E-state index contributed by atoms with van der Waals surface area (Å²) in [4.78, 5) is 10.1. The van der Waals surface area contributed by atoms with Crippen molar-refractivity contribution < 1.29 is 4.79 Å². The highest BCUT2D eigenvalue weighted by atomic mass is 32.1. The highest BCUT2D eigenvalue weighted by molar-refractivity contribution is 7.80. The Morgan fingerprint density at radius 3 is 2.60 bits per heavy atom. The molecule has 0 saturated heterocycles. The maximum absolute atomic E-state index is 10.1. The van der Waals surface area contributed by atoms with Gasteiger partial charge in [0.05, 0.1) is 0 Å². The van der Waals surface area contributed by atoms with Gasteiger partial charge in [-0.25, -0.2) is 10.2 Å². The minimum atomic E-state index is -0.666. The van der Waals surface area contributed by atoms with Gasteiger partial charge in [-0.05, 0) is 19.1 Å². The fourth-order valence-electron chi connectivity index (χ4n) is 0.323. The van der Waals surface area contributed by atoms with Gasteiger partial charge in [0.25, 0.3) is 0 Å². The Morgan fingerprint density at radius 1 is 1.60 bits per heavy atom. The van der Waals surface area contributed by atoms with Crippen LogP contribution in [0.3, 0.4) is 0 Å². The van der Waals surface area contributed by atoms with Gasteiger partial charge in [0.2, 0.25) is 0 Å². The molecule has 6 heteroatoms. The van der Waals surface area contributed by atoms with E-state index in [4.69, 9.17) is 5.73 Å². The molecular weight excluding hydrogens is 152 g/mol. The van der Waals surface area contributed by atoms with E-state index in [1.807, 2.05) is 6.92 Å². The summed E-state index contributed by atoms with van der Waals surface area (Å²) in [6, 6.07) is -0.666. The van der Waals surface area contributed by atoms with E-state index in [1.165, 1.54) is 0 Å². The molecule has 0 aliphatic carbocycles. The van der Waals surface area contributed by atoms with E-state index in [2.05, 4.69) is 28.4 Å². The van der Waals surface area contributed by atoms with E-state index in [0.29, 0.717) is 11.7 Å².